The number of rotatable bonds is 9. The molecule has 2 unspecified atom stereocenters. The van der Waals surface area contributed by atoms with E-state index in [4.69, 9.17) is 11.2 Å². The Kier molecular flexibility index (Phi) is 8.94. The lowest BCUT2D eigenvalue weighted by atomic mass is 9.95. The van der Waals surface area contributed by atoms with Crippen LogP contribution in [0.2, 0.25) is 0 Å². The van der Waals surface area contributed by atoms with Crippen molar-refractivity contribution in [1.29, 1.82) is 0 Å². The first-order chi connectivity index (χ1) is 21.1. The molecule has 0 radical (unpaired) electrons. The maximum absolute atomic E-state index is 16.6. The van der Waals surface area contributed by atoms with Gasteiger partial charge in [0.15, 0.2) is 11.6 Å². The lowest BCUT2D eigenvalue weighted by Crippen LogP contribution is -2.43. The van der Waals surface area contributed by atoms with Crippen LogP contribution in [0, 0.1) is 24.0 Å². The van der Waals surface area contributed by atoms with Crippen LogP contribution in [0.15, 0.2) is 30.5 Å². The number of halogens is 5. The number of nitrogens with one attached hydrogen (secondary N) is 1. The number of fused-ring (bicyclic) bond motifs is 3. The highest BCUT2D eigenvalue weighted by Crippen LogP contribution is 2.42. The second-order valence-corrected chi connectivity index (χ2v) is 13.3. The minimum absolute atomic E-state index is 0.0511. The highest BCUT2D eigenvalue weighted by Gasteiger charge is 2.49. The Morgan fingerprint density at radius 1 is 1.25 bits per heavy atom. The Hall–Kier alpha value is -2.72. The van der Waals surface area contributed by atoms with Crippen LogP contribution in [0.25, 0.3) is 32.9 Å². The number of hydrogen-bond acceptors (Lipinski definition) is 9. The summed E-state index contributed by atoms with van der Waals surface area (Å²) in [5.41, 5.74) is 2.40. The van der Waals surface area contributed by atoms with E-state index in [1.807, 2.05) is 6.34 Å². The molecular formula is C30H28F3I2N7O2. The summed E-state index contributed by atoms with van der Waals surface area (Å²) in [6.45, 7) is 2.44. The predicted octanol–water partition coefficient (Wildman–Crippen LogP) is 5.71. The minimum Gasteiger partial charge on any atom is -0.508 e. The number of pyridine rings is 1. The Morgan fingerprint density at radius 2 is 2.07 bits per heavy atom. The third-order valence-corrected chi connectivity index (χ3v) is 10.2. The van der Waals surface area contributed by atoms with Crippen LogP contribution in [0.4, 0.5) is 19.0 Å². The van der Waals surface area contributed by atoms with Crippen molar-refractivity contribution in [1.82, 2.24) is 28.5 Å². The highest BCUT2D eigenvalue weighted by molar-refractivity contribution is 14.1. The Morgan fingerprint density at radius 3 is 2.84 bits per heavy atom. The molecule has 4 aromatic rings. The predicted molar refractivity (Wildman–Crippen MR) is 179 cm³/mol. The zero-order valence-electron chi connectivity index (χ0n) is 23.6. The van der Waals surface area contributed by atoms with Gasteiger partial charge in [0.1, 0.15) is 35.6 Å². The first-order valence-electron chi connectivity index (χ1n) is 14.0. The number of hydrazine groups is 1. The molecule has 0 spiro atoms. The molecule has 2 fully saturated rings. The van der Waals surface area contributed by atoms with E-state index < -0.39 is 23.3 Å². The monoisotopic (exact) mass is 829 g/mol. The Balaban J connectivity index is 1.48. The molecule has 2 aromatic carbocycles. The van der Waals surface area contributed by atoms with E-state index >= 15 is 4.39 Å². The van der Waals surface area contributed by atoms with Crippen molar-refractivity contribution in [3.63, 3.8) is 0 Å². The summed E-state index contributed by atoms with van der Waals surface area (Å²) < 4.78 is 55.6. The lowest BCUT2D eigenvalue weighted by molar-refractivity contribution is 0.107. The molecule has 0 amide bonds. The van der Waals surface area contributed by atoms with Crippen LogP contribution in [-0.4, -0.2) is 79.7 Å². The SMILES string of the molecule is C#Cc1c(F)ccc2cc(O)cc(-c3ncc4c(N(I)CCN(I)NC)nc(OCC56CCCN5CC(F)C6)nc4c3F)c12. The number of aromatic hydroxyl groups is 1. The van der Waals surface area contributed by atoms with E-state index in [0.29, 0.717) is 42.6 Å². The van der Waals surface area contributed by atoms with Crippen molar-refractivity contribution in [2.45, 2.75) is 31.0 Å². The zero-order chi connectivity index (χ0) is 31.2. The number of terminal acetylenes is 1. The van der Waals surface area contributed by atoms with Crippen LogP contribution in [0.3, 0.4) is 0 Å². The van der Waals surface area contributed by atoms with Gasteiger partial charge in [-0.3, -0.25) is 13.0 Å². The number of alkyl halides is 1. The average Bonchev–Trinajstić information content (AvgIpc) is 3.54. The molecule has 0 bridgehead atoms. The first-order valence-corrected chi connectivity index (χ1v) is 15.9. The number of nitrogens with zero attached hydrogens (tertiary/aromatic N) is 6. The smallest absolute Gasteiger partial charge is 0.319 e. The molecule has 0 saturated carbocycles. The van der Waals surface area contributed by atoms with Gasteiger partial charge in [-0.1, -0.05) is 12.0 Å². The van der Waals surface area contributed by atoms with Gasteiger partial charge in [-0.05, 0) is 50.0 Å². The average molecular weight is 829 g/mol. The normalized spacial score (nSPS) is 20.0. The number of aromatic nitrogens is 3. The standard InChI is InChI=1S/C30H28F3I2N7O2/c1-3-20-23(32)6-5-17-11-19(43)12-21(24(17)20)26-25(33)27-22(14-37-26)28(41(34)9-10-42(35)36-2)39-29(38-27)44-16-30-7-4-8-40(30)15-18(31)13-30/h1,5-6,11-12,14,18,36,43H,4,7-10,13,15-16H2,2H3. The van der Waals surface area contributed by atoms with Crippen molar-refractivity contribution in [2.75, 3.05) is 42.9 Å². The van der Waals surface area contributed by atoms with Crippen LogP contribution < -0.4 is 13.3 Å². The molecule has 4 heterocycles. The maximum Gasteiger partial charge on any atom is 0.319 e. The van der Waals surface area contributed by atoms with E-state index in [1.54, 1.807) is 7.05 Å². The third-order valence-electron chi connectivity index (χ3n) is 8.29. The summed E-state index contributed by atoms with van der Waals surface area (Å²) in [6.07, 6.45) is 8.27. The van der Waals surface area contributed by atoms with Crippen LogP contribution in [0.5, 0.6) is 11.8 Å². The molecule has 44 heavy (non-hydrogen) atoms. The highest BCUT2D eigenvalue weighted by atomic mass is 127. The maximum atomic E-state index is 16.6. The first kappa shape index (κ1) is 31.3. The van der Waals surface area contributed by atoms with Crippen LogP contribution in [-0.2, 0) is 0 Å². The van der Waals surface area contributed by atoms with Crippen molar-refractivity contribution < 1.29 is 23.0 Å². The summed E-state index contributed by atoms with van der Waals surface area (Å²) in [4.78, 5) is 15.7. The van der Waals surface area contributed by atoms with Gasteiger partial charge in [-0.15, -0.1) is 6.42 Å². The molecule has 2 atom stereocenters. The summed E-state index contributed by atoms with van der Waals surface area (Å²) in [5, 5.41) is 11.5. The van der Waals surface area contributed by atoms with Crippen LogP contribution in [0.1, 0.15) is 24.8 Å². The molecule has 2 aromatic heterocycles. The molecule has 2 N–H and O–H groups in total. The molecule has 6 rings (SSSR count). The molecule has 230 valence electrons. The lowest BCUT2D eigenvalue weighted by Gasteiger charge is -2.31. The number of phenols is 1. The van der Waals surface area contributed by atoms with E-state index in [0.717, 1.165) is 19.4 Å². The number of phenolic OH excluding ortho intramolecular Hbond substituents is 1. The summed E-state index contributed by atoms with van der Waals surface area (Å²) in [6, 6.07) is 5.35. The molecule has 14 heteroatoms. The van der Waals surface area contributed by atoms with Crippen molar-refractivity contribution in [2.24, 2.45) is 0 Å². The van der Waals surface area contributed by atoms with Gasteiger partial charge in [0.05, 0.1) is 39.4 Å². The fraction of sp³-hybridized carbons (Fsp3) is 0.367. The number of benzene rings is 2. The molecule has 2 aliphatic heterocycles. The second kappa shape index (κ2) is 12.6. The van der Waals surface area contributed by atoms with Gasteiger partial charge in [0, 0.05) is 66.1 Å². The van der Waals surface area contributed by atoms with E-state index in [1.165, 1.54) is 30.5 Å². The summed E-state index contributed by atoms with van der Waals surface area (Å²) >= 11 is 4.23. The molecule has 0 aliphatic carbocycles. The summed E-state index contributed by atoms with van der Waals surface area (Å²) in [5.74, 6) is 1.11. The van der Waals surface area contributed by atoms with Gasteiger partial charge in [0.25, 0.3) is 0 Å². The van der Waals surface area contributed by atoms with Crippen molar-refractivity contribution in [3.8, 4) is 35.4 Å². The largest absolute Gasteiger partial charge is 0.508 e. The number of hydrogen-bond donors (Lipinski definition) is 2. The van der Waals surface area contributed by atoms with Gasteiger partial charge >= 0.3 is 6.01 Å². The van der Waals surface area contributed by atoms with Crippen molar-refractivity contribution in [3.05, 3.63) is 47.7 Å². The Bertz CT molecular complexity index is 1790. The van der Waals surface area contributed by atoms with Gasteiger partial charge in [0.2, 0.25) is 0 Å². The van der Waals surface area contributed by atoms with Crippen molar-refractivity contribution >= 4 is 73.2 Å². The summed E-state index contributed by atoms with van der Waals surface area (Å²) in [7, 11) is 1.80. The van der Waals surface area contributed by atoms with Gasteiger partial charge in [-0.2, -0.15) is 13.2 Å². The minimum atomic E-state index is -0.929. The van der Waals surface area contributed by atoms with Crippen LogP contribution >= 0.6 is 45.7 Å². The molecule has 2 aliphatic rings. The fourth-order valence-electron chi connectivity index (χ4n) is 6.25. The fourth-order valence-corrected chi connectivity index (χ4v) is 7.05. The Labute approximate surface area is 280 Å². The van der Waals surface area contributed by atoms with E-state index in [9.17, 15) is 13.9 Å². The zero-order valence-corrected chi connectivity index (χ0v) is 27.9. The van der Waals surface area contributed by atoms with Gasteiger partial charge < -0.3 is 9.84 Å². The number of anilines is 1. The quantitative estimate of drug-likeness (QED) is 0.0955. The topological polar surface area (TPSA) is 89.9 Å². The van der Waals surface area contributed by atoms with E-state index in [-0.39, 0.29) is 46.1 Å². The second-order valence-electron chi connectivity index (χ2n) is 10.9. The molecule has 2 saturated heterocycles. The molecule has 9 nitrogen and oxygen atoms in total. The number of ether oxygens (including phenoxy) is 1. The van der Waals surface area contributed by atoms with Gasteiger partial charge in [-0.25, -0.2) is 18.6 Å². The third kappa shape index (κ3) is 5.72. The molecular weight excluding hydrogens is 801 g/mol. The van der Waals surface area contributed by atoms with E-state index in [2.05, 4.69) is 76.9 Å².